The highest BCUT2D eigenvalue weighted by Crippen LogP contribution is 2.66. The van der Waals surface area contributed by atoms with Crippen molar-refractivity contribution in [2.45, 2.75) is 104 Å². The molecule has 0 radical (unpaired) electrons. The summed E-state index contributed by atoms with van der Waals surface area (Å²) in [6.45, 7) is 8.94. The molecule has 5 rings (SSSR count). The summed E-state index contributed by atoms with van der Waals surface area (Å²) in [6.07, 6.45) is 13.1. The number of rotatable bonds is 2. The lowest BCUT2D eigenvalue weighted by Crippen LogP contribution is -2.66. The number of hydrogen-bond donors (Lipinski definition) is 0. The number of quaternary nitrogens is 1. The molecule has 4 nitrogen and oxygen atoms in total. The number of piperidine rings is 1. The van der Waals surface area contributed by atoms with Crippen LogP contribution in [0.4, 0.5) is 0 Å². The molecule has 4 heteroatoms. The Morgan fingerprint density at radius 2 is 1.77 bits per heavy atom. The number of hydrogen-bond acceptors (Lipinski definition) is 3. The zero-order valence-corrected chi connectivity index (χ0v) is 20.3. The largest absolute Gasteiger partial charge is 0.456 e. The van der Waals surface area contributed by atoms with E-state index in [1.807, 2.05) is 0 Å². The fourth-order valence-corrected chi connectivity index (χ4v) is 9.56. The zero-order valence-electron chi connectivity index (χ0n) is 20.3. The van der Waals surface area contributed by atoms with Crippen LogP contribution in [0.2, 0.25) is 0 Å². The molecular formula is C27H44NO3+. The van der Waals surface area contributed by atoms with Gasteiger partial charge in [-0.05, 0) is 86.9 Å². The molecule has 0 aromatic rings. The van der Waals surface area contributed by atoms with Gasteiger partial charge >= 0.3 is 5.97 Å². The third-order valence-corrected chi connectivity index (χ3v) is 11.3. The van der Waals surface area contributed by atoms with E-state index >= 15 is 0 Å². The predicted octanol–water partition coefficient (Wildman–Crippen LogP) is 5.14. The van der Waals surface area contributed by atoms with Crippen LogP contribution >= 0.6 is 0 Å². The van der Waals surface area contributed by atoms with E-state index in [1.54, 1.807) is 6.92 Å². The standard InChI is InChI=1S/C27H44NO3/c1-18(29)31-24-16-19-8-9-20-21-10-11-25(30)26(21,2)13-12-22(20)27(19,3)17-23(24)28(4)14-6-5-7-15-28/h19-24H,5-17H2,1-4H3/q+1. The third kappa shape index (κ3) is 3.33. The summed E-state index contributed by atoms with van der Waals surface area (Å²) < 4.78 is 7.15. The number of likely N-dealkylation sites (tertiary alicyclic amines) is 1. The van der Waals surface area contributed by atoms with Gasteiger partial charge in [0, 0.05) is 25.2 Å². The molecule has 8 unspecified atom stereocenters. The molecule has 1 aliphatic heterocycles. The van der Waals surface area contributed by atoms with E-state index in [2.05, 4.69) is 20.9 Å². The summed E-state index contributed by atoms with van der Waals surface area (Å²) >= 11 is 0. The van der Waals surface area contributed by atoms with Crippen molar-refractivity contribution >= 4 is 11.8 Å². The molecule has 5 aliphatic rings. The highest BCUT2D eigenvalue weighted by atomic mass is 16.5. The van der Waals surface area contributed by atoms with Crippen molar-refractivity contribution in [1.29, 1.82) is 0 Å². The van der Waals surface area contributed by atoms with Crippen molar-refractivity contribution in [3.63, 3.8) is 0 Å². The minimum Gasteiger partial charge on any atom is -0.456 e. The number of ether oxygens (including phenoxy) is 1. The van der Waals surface area contributed by atoms with Gasteiger partial charge in [-0.25, -0.2) is 0 Å². The van der Waals surface area contributed by atoms with Gasteiger partial charge in [0.15, 0.2) is 6.10 Å². The molecule has 0 N–H and O–H groups in total. The summed E-state index contributed by atoms with van der Waals surface area (Å²) in [7, 11) is 2.44. The quantitative estimate of drug-likeness (QED) is 0.450. The molecule has 174 valence electrons. The minimum absolute atomic E-state index is 0.0376. The van der Waals surface area contributed by atoms with Crippen LogP contribution in [-0.4, -0.2) is 48.5 Å². The van der Waals surface area contributed by atoms with Gasteiger partial charge in [0.1, 0.15) is 11.8 Å². The maximum absolute atomic E-state index is 12.8. The maximum atomic E-state index is 12.8. The first-order valence-corrected chi connectivity index (χ1v) is 13.2. The lowest BCUT2D eigenvalue weighted by atomic mass is 9.44. The highest BCUT2D eigenvalue weighted by Gasteiger charge is 2.63. The second-order valence-corrected chi connectivity index (χ2v) is 12.7. The summed E-state index contributed by atoms with van der Waals surface area (Å²) in [5.74, 6) is 3.18. The van der Waals surface area contributed by atoms with Gasteiger partial charge < -0.3 is 9.22 Å². The average Bonchev–Trinajstić information content (AvgIpc) is 3.03. The first kappa shape index (κ1) is 21.9. The Balaban J connectivity index is 1.45. The molecule has 0 bridgehead atoms. The minimum atomic E-state index is -0.103. The van der Waals surface area contributed by atoms with Gasteiger partial charge in [-0.1, -0.05) is 13.8 Å². The van der Waals surface area contributed by atoms with E-state index in [0.29, 0.717) is 29.1 Å². The fourth-order valence-electron chi connectivity index (χ4n) is 9.56. The van der Waals surface area contributed by atoms with Crippen LogP contribution in [0.3, 0.4) is 0 Å². The first-order chi connectivity index (χ1) is 14.7. The molecule has 0 spiro atoms. The Labute approximate surface area is 189 Å². The molecule has 31 heavy (non-hydrogen) atoms. The van der Waals surface area contributed by atoms with E-state index in [4.69, 9.17) is 4.74 Å². The highest BCUT2D eigenvalue weighted by molar-refractivity contribution is 5.87. The molecule has 1 heterocycles. The van der Waals surface area contributed by atoms with E-state index in [9.17, 15) is 9.59 Å². The number of fused-ring (bicyclic) bond motifs is 5. The Hall–Kier alpha value is -0.900. The predicted molar refractivity (Wildman–Crippen MR) is 121 cm³/mol. The van der Waals surface area contributed by atoms with Gasteiger partial charge in [0.05, 0.1) is 20.1 Å². The molecular weight excluding hydrogens is 386 g/mol. The number of likely N-dealkylation sites (N-methyl/N-ethyl adjacent to an activating group) is 1. The van der Waals surface area contributed by atoms with Crippen molar-refractivity contribution < 1.29 is 18.8 Å². The topological polar surface area (TPSA) is 43.4 Å². The molecule has 5 fully saturated rings. The van der Waals surface area contributed by atoms with Gasteiger partial charge in [0.25, 0.3) is 0 Å². The van der Waals surface area contributed by atoms with Crippen molar-refractivity contribution in [3.05, 3.63) is 0 Å². The lowest BCUT2D eigenvalue weighted by molar-refractivity contribution is -0.943. The van der Waals surface area contributed by atoms with Crippen LogP contribution in [0, 0.1) is 34.5 Å². The monoisotopic (exact) mass is 430 g/mol. The Kier molecular flexibility index (Phi) is 5.35. The normalized spacial score (nSPS) is 49.0. The Bertz CT molecular complexity index is 743. The van der Waals surface area contributed by atoms with Crippen LogP contribution in [0.1, 0.15) is 91.4 Å². The number of carbonyl (C=O) groups excluding carboxylic acids is 2. The molecule has 0 aromatic carbocycles. The summed E-state index contributed by atoms with van der Waals surface area (Å²) in [5, 5.41) is 0. The number of nitrogens with zero attached hydrogens (tertiary/aromatic N) is 1. The second-order valence-electron chi connectivity index (χ2n) is 12.7. The van der Waals surface area contributed by atoms with Crippen LogP contribution in [-0.2, 0) is 14.3 Å². The Morgan fingerprint density at radius 3 is 2.48 bits per heavy atom. The van der Waals surface area contributed by atoms with Crippen molar-refractivity contribution in [1.82, 2.24) is 0 Å². The summed E-state index contributed by atoms with van der Waals surface area (Å²) in [6, 6.07) is 0.433. The average molecular weight is 431 g/mol. The molecule has 0 aromatic heterocycles. The summed E-state index contributed by atoms with van der Waals surface area (Å²) in [4.78, 5) is 24.8. The van der Waals surface area contributed by atoms with E-state index in [0.717, 1.165) is 42.0 Å². The van der Waals surface area contributed by atoms with Crippen molar-refractivity contribution in [2.75, 3.05) is 20.1 Å². The van der Waals surface area contributed by atoms with Crippen LogP contribution < -0.4 is 0 Å². The zero-order chi connectivity index (χ0) is 22.0. The SMILES string of the molecule is CC(=O)OC1CC2CCC3C4CCC(=O)C4(C)CCC3C2(C)CC1[N+]1(C)CCCCC1. The number of carbonyl (C=O) groups is 2. The molecule has 8 atom stereocenters. The maximum Gasteiger partial charge on any atom is 0.303 e. The van der Waals surface area contributed by atoms with Crippen LogP contribution in [0.25, 0.3) is 0 Å². The lowest BCUT2D eigenvalue weighted by Gasteiger charge is -2.62. The van der Waals surface area contributed by atoms with Gasteiger partial charge in [-0.2, -0.15) is 0 Å². The fraction of sp³-hybridized carbons (Fsp3) is 0.926. The van der Waals surface area contributed by atoms with Crippen LogP contribution in [0.5, 0.6) is 0 Å². The molecule has 4 saturated carbocycles. The van der Waals surface area contributed by atoms with Crippen molar-refractivity contribution in [2.24, 2.45) is 34.5 Å². The molecule has 0 amide bonds. The van der Waals surface area contributed by atoms with E-state index in [-0.39, 0.29) is 17.5 Å². The number of esters is 1. The summed E-state index contributed by atoms with van der Waals surface area (Å²) in [5.41, 5.74) is 0.292. The van der Waals surface area contributed by atoms with Gasteiger partial charge in [0.2, 0.25) is 0 Å². The van der Waals surface area contributed by atoms with E-state index < -0.39 is 0 Å². The van der Waals surface area contributed by atoms with Crippen molar-refractivity contribution in [3.8, 4) is 0 Å². The van der Waals surface area contributed by atoms with E-state index in [1.165, 1.54) is 58.0 Å². The number of Topliss-reactive ketones (excluding diaryl/α,β-unsaturated/α-hetero) is 1. The third-order valence-electron chi connectivity index (χ3n) is 11.3. The van der Waals surface area contributed by atoms with Gasteiger partial charge in [-0.15, -0.1) is 0 Å². The molecule has 4 aliphatic carbocycles. The Morgan fingerprint density at radius 1 is 1.03 bits per heavy atom. The van der Waals surface area contributed by atoms with Gasteiger partial charge in [-0.3, -0.25) is 9.59 Å². The smallest absolute Gasteiger partial charge is 0.303 e. The van der Waals surface area contributed by atoms with Crippen LogP contribution in [0.15, 0.2) is 0 Å². The second kappa shape index (κ2) is 7.57. The first-order valence-electron chi connectivity index (χ1n) is 13.2. The number of ketones is 1. The molecule has 1 saturated heterocycles.